The van der Waals surface area contributed by atoms with Crippen LogP contribution in [0.4, 0.5) is 10.1 Å². The molecule has 10 heteroatoms. The van der Waals surface area contributed by atoms with E-state index in [4.69, 9.17) is 0 Å². The lowest BCUT2D eigenvalue weighted by Crippen LogP contribution is -2.47. The van der Waals surface area contributed by atoms with Gasteiger partial charge in [0.15, 0.2) is 0 Å². The molecule has 7 nitrogen and oxygen atoms in total. The van der Waals surface area contributed by atoms with Crippen LogP contribution in [0, 0.1) is 15.9 Å². The van der Waals surface area contributed by atoms with Gasteiger partial charge in [0, 0.05) is 32.2 Å². The first-order chi connectivity index (χ1) is 11.1. The van der Waals surface area contributed by atoms with Crippen molar-refractivity contribution in [2.75, 3.05) is 26.2 Å². The van der Waals surface area contributed by atoms with E-state index in [0.29, 0.717) is 13.1 Å². The van der Waals surface area contributed by atoms with Gasteiger partial charge in [0.25, 0.3) is 0 Å². The molecule has 1 aliphatic heterocycles. The fourth-order valence-electron chi connectivity index (χ4n) is 2.86. The van der Waals surface area contributed by atoms with Crippen LogP contribution in [-0.2, 0) is 6.54 Å². The second kappa shape index (κ2) is 9.67. The minimum Gasteiger partial charge on any atom is -0.314 e. The number of aromatic nitrogens is 2. The standard InChI is InChI=1S/C15H18FN5O2.2ClH/c16-13-3-1-2-12(8-13)15-10-17-4-5-19(15)6-7-20-11-14(9-18-20)21(22)23;;/h1-3,8-9,11,15,17H,4-7,10H2;2*1H. The Labute approximate surface area is 157 Å². The summed E-state index contributed by atoms with van der Waals surface area (Å²) in [4.78, 5) is 12.5. The van der Waals surface area contributed by atoms with E-state index >= 15 is 0 Å². The van der Waals surface area contributed by atoms with E-state index in [1.807, 2.05) is 6.07 Å². The van der Waals surface area contributed by atoms with Crippen molar-refractivity contribution in [1.82, 2.24) is 20.0 Å². The third kappa shape index (κ3) is 5.37. The van der Waals surface area contributed by atoms with E-state index in [1.54, 1.807) is 16.8 Å². The van der Waals surface area contributed by atoms with Gasteiger partial charge in [0.05, 0.1) is 11.5 Å². The van der Waals surface area contributed by atoms with E-state index in [0.717, 1.165) is 25.2 Å². The van der Waals surface area contributed by atoms with Crippen molar-refractivity contribution in [1.29, 1.82) is 0 Å². The zero-order valence-corrected chi connectivity index (χ0v) is 15.0. The van der Waals surface area contributed by atoms with Crippen molar-refractivity contribution in [3.63, 3.8) is 0 Å². The average molecular weight is 392 g/mol. The molecule has 3 rings (SSSR count). The number of nitrogens with one attached hydrogen (secondary N) is 1. The predicted octanol–water partition coefficient (Wildman–Crippen LogP) is 2.42. The number of benzene rings is 1. The van der Waals surface area contributed by atoms with Crippen molar-refractivity contribution >= 4 is 30.5 Å². The Morgan fingerprint density at radius 2 is 2.16 bits per heavy atom. The molecule has 0 radical (unpaired) electrons. The molecule has 0 saturated carbocycles. The molecule has 1 saturated heterocycles. The molecule has 1 fully saturated rings. The fourth-order valence-corrected chi connectivity index (χ4v) is 2.86. The summed E-state index contributed by atoms with van der Waals surface area (Å²) in [6, 6.07) is 6.72. The molecule has 0 bridgehead atoms. The van der Waals surface area contributed by atoms with Gasteiger partial charge in [-0.15, -0.1) is 24.8 Å². The molecule has 1 aromatic heterocycles. The van der Waals surface area contributed by atoms with Crippen LogP contribution >= 0.6 is 24.8 Å². The van der Waals surface area contributed by atoms with Crippen LogP contribution in [0.15, 0.2) is 36.7 Å². The number of hydrogen-bond donors (Lipinski definition) is 1. The van der Waals surface area contributed by atoms with Gasteiger partial charge in [0.2, 0.25) is 0 Å². The summed E-state index contributed by atoms with van der Waals surface area (Å²) >= 11 is 0. The van der Waals surface area contributed by atoms with Gasteiger partial charge in [0.1, 0.15) is 18.2 Å². The molecular weight excluding hydrogens is 372 g/mol. The number of halogens is 3. The number of rotatable bonds is 5. The molecule has 0 spiro atoms. The fraction of sp³-hybridized carbons (Fsp3) is 0.400. The number of piperazine rings is 1. The number of nitrogens with zero attached hydrogens (tertiary/aromatic N) is 4. The van der Waals surface area contributed by atoms with Gasteiger partial charge in [-0.1, -0.05) is 12.1 Å². The molecule has 1 aliphatic rings. The van der Waals surface area contributed by atoms with Gasteiger partial charge in [-0.2, -0.15) is 5.10 Å². The van der Waals surface area contributed by atoms with Crippen molar-refractivity contribution in [3.05, 3.63) is 58.2 Å². The average Bonchev–Trinajstić information content (AvgIpc) is 3.02. The monoisotopic (exact) mass is 391 g/mol. The van der Waals surface area contributed by atoms with Crippen LogP contribution in [0.2, 0.25) is 0 Å². The quantitative estimate of drug-likeness (QED) is 0.625. The molecule has 138 valence electrons. The summed E-state index contributed by atoms with van der Waals surface area (Å²) < 4.78 is 15.0. The maximum absolute atomic E-state index is 13.5. The van der Waals surface area contributed by atoms with Gasteiger partial charge >= 0.3 is 5.69 Å². The third-order valence-corrected chi connectivity index (χ3v) is 4.03. The van der Waals surface area contributed by atoms with Crippen molar-refractivity contribution in [2.24, 2.45) is 0 Å². The minimum absolute atomic E-state index is 0. The Hall–Kier alpha value is -1.74. The molecule has 1 aromatic carbocycles. The zero-order chi connectivity index (χ0) is 16.2. The van der Waals surface area contributed by atoms with Crippen LogP contribution in [0.5, 0.6) is 0 Å². The van der Waals surface area contributed by atoms with Gasteiger partial charge in [-0.3, -0.25) is 19.7 Å². The van der Waals surface area contributed by atoms with Crippen molar-refractivity contribution < 1.29 is 9.31 Å². The predicted molar refractivity (Wildman–Crippen MR) is 97.0 cm³/mol. The highest BCUT2D eigenvalue weighted by molar-refractivity contribution is 5.85. The molecule has 0 aliphatic carbocycles. The molecule has 2 aromatic rings. The van der Waals surface area contributed by atoms with Crippen LogP contribution in [0.3, 0.4) is 0 Å². The normalized spacial score (nSPS) is 17.4. The van der Waals surface area contributed by atoms with Crippen LogP contribution in [0.1, 0.15) is 11.6 Å². The van der Waals surface area contributed by atoms with Gasteiger partial charge in [-0.25, -0.2) is 4.39 Å². The van der Waals surface area contributed by atoms with Gasteiger partial charge < -0.3 is 5.32 Å². The minimum atomic E-state index is -0.454. The highest BCUT2D eigenvalue weighted by Gasteiger charge is 2.24. The Kier molecular flexibility index (Phi) is 8.24. The summed E-state index contributed by atoms with van der Waals surface area (Å²) in [5, 5.41) is 18.0. The molecule has 2 heterocycles. The maximum atomic E-state index is 13.5. The van der Waals surface area contributed by atoms with Crippen LogP contribution in [-0.4, -0.2) is 45.8 Å². The third-order valence-electron chi connectivity index (χ3n) is 4.03. The summed E-state index contributed by atoms with van der Waals surface area (Å²) in [5.74, 6) is -0.240. The second-order valence-corrected chi connectivity index (χ2v) is 5.53. The molecule has 1 N–H and O–H groups in total. The van der Waals surface area contributed by atoms with E-state index in [1.165, 1.54) is 18.5 Å². The van der Waals surface area contributed by atoms with E-state index < -0.39 is 4.92 Å². The van der Waals surface area contributed by atoms with E-state index in [9.17, 15) is 14.5 Å². The van der Waals surface area contributed by atoms with Crippen LogP contribution in [0.25, 0.3) is 0 Å². The summed E-state index contributed by atoms with van der Waals surface area (Å²) in [5.41, 5.74) is 0.927. The van der Waals surface area contributed by atoms with E-state index in [-0.39, 0.29) is 42.4 Å². The SMILES string of the molecule is Cl.Cl.O=[N+]([O-])c1cnn(CCN2CCNCC2c2cccc(F)c2)c1. The lowest BCUT2D eigenvalue weighted by Gasteiger charge is -2.36. The Morgan fingerprint density at radius 1 is 1.36 bits per heavy atom. The first kappa shape index (κ1) is 21.3. The maximum Gasteiger partial charge on any atom is 0.306 e. The lowest BCUT2D eigenvalue weighted by molar-refractivity contribution is -0.385. The second-order valence-electron chi connectivity index (χ2n) is 5.53. The van der Waals surface area contributed by atoms with E-state index in [2.05, 4.69) is 15.3 Å². The summed E-state index contributed by atoms with van der Waals surface area (Å²) in [7, 11) is 0. The summed E-state index contributed by atoms with van der Waals surface area (Å²) in [6.07, 6.45) is 2.68. The largest absolute Gasteiger partial charge is 0.314 e. The molecule has 1 atom stereocenters. The summed E-state index contributed by atoms with van der Waals surface area (Å²) in [6.45, 7) is 3.71. The molecule has 0 amide bonds. The Balaban J connectivity index is 0.00000156. The van der Waals surface area contributed by atoms with Crippen LogP contribution < -0.4 is 5.32 Å². The molecular formula is C15H20Cl2FN5O2. The first-order valence-corrected chi connectivity index (χ1v) is 7.50. The number of nitro groups is 1. The molecule has 1 unspecified atom stereocenters. The van der Waals surface area contributed by atoms with Crippen molar-refractivity contribution in [3.8, 4) is 0 Å². The smallest absolute Gasteiger partial charge is 0.306 e. The first-order valence-electron chi connectivity index (χ1n) is 7.50. The highest BCUT2D eigenvalue weighted by Crippen LogP contribution is 2.22. The Morgan fingerprint density at radius 3 is 2.84 bits per heavy atom. The molecule has 25 heavy (non-hydrogen) atoms. The van der Waals surface area contributed by atoms with Gasteiger partial charge in [-0.05, 0) is 17.7 Å². The topological polar surface area (TPSA) is 76.2 Å². The lowest BCUT2D eigenvalue weighted by atomic mass is 10.0. The highest BCUT2D eigenvalue weighted by atomic mass is 35.5. The zero-order valence-electron chi connectivity index (χ0n) is 13.4. The Bertz CT molecular complexity index is 700. The number of hydrogen-bond acceptors (Lipinski definition) is 5. The van der Waals surface area contributed by atoms with Crippen molar-refractivity contribution in [2.45, 2.75) is 12.6 Å².